The fourth-order valence-electron chi connectivity index (χ4n) is 1.45. The standard InChI is InChI=1S/C13H18N2O3/c1-9-5-3-4-6-11(9)13(18)14-7-12(17)15-10(2)8-16/h3-6,10,16H,7-8H2,1-2H3,(H,14,18)(H,15,17). The molecule has 0 aliphatic heterocycles. The Kier molecular flexibility index (Phi) is 5.32. The summed E-state index contributed by atoms with van der Waals surface area (Å²) in [5.41, 5.74) is 1.42. The van der Waals surface area contributed by atoms with Crippen LogP contribution in [0.1, 0.15) is 22.8 Å². The van der Waals surface area contributed by atoms with Crippen LogP contribution in [0, 0.1) is 6.92 Å². The fraction of sp³-hybridized carbons (Fsp3) is 0.385. The second kappa shape index (κ2) is 6.76. The number of aliphatic hydroxyl groups excluding tert-OH is 1. The molecule has 1 unspecified atom stereocenters. The summed E-state index contributed by atoms with van der Waals surface area (Å²) in [6.45, 7) is 3.29. The Labute approximate surface area is 106 Å². The van der Waals surface area contributed by atoms with Gasteiger partial charge >= 0.3 is 0 Å². The van der Waals surface area contributed by atoms with Gasteiger partial charge in [-0.2, -0.15) is 0 Å². The summed E-state index contributed by atoms with van der Waals surface area (Å²) < 4.78 is 0. The van der Waals surface area contributed by atoms with Crippen LogP contribution in [-0.4, -0.2) is 36.1 Å². The number of nitrogens with one attached hydrogen (secondary N) is 2. The van der Waals surface area contributed by atoms with Crippen molar-refractivity contribution in [3.8, 4) is 0 Å². The number of carbonyl (C=O) groups is 2. The molecule has 0 saturated carbocycles. The van der Waals surface area contributed by atoms with Crippen LogP contribution in [0.25, 0.3) is 0 Å². The summed E-state index contributed by atoms with van der Waals surface area (Å²) in [6, 6.07) is 6.85. The van der Waals surface area contributed by atoms with Crippen molar-refractivity contribution in [2.24, 2.45) is 0 Å². The molecule has 5 nitrogen and oxygen atoms in total. The van der Waals surface area contributed by atoms with Gasteiger partial charge in [0.15, 0.2) is 0 Å². The first-order chi connectivity index (χ1) is 8.54. The quantitative estimate of drug-likeness (QED) is 0.699. The van der Waals surface area contributed by atoms with E-state index in [1.54, 1.807) is 19.1 Å². The lowest BCUT2D eigenvalue weighted by Gasteiger charge is -2.11. The average molecular weight is 250 g/mol. The number of benzene rings is 1. The van der Waals surface area contributed by atoms with Crippen LogP contribution in [-0.2, 0) is 4.79 Å². The molecular formula is C13H18N2O3. The molecule has 0 aliphatic rings. The van der Waals surface area contributed by atoms with Crippen molar-refractivity contribution in [1.82, 2.24) is 10.6 Å². The highest BCUT2D eigenvalue weighted by Gasteiger charge is 2.10. The molecular weight excluding hydrogens is 232 g/mol. The van der Waals surface area contributed by atoms with Crippen LogP contribution < -0.4 is 10.6 Å². The van der Waals surface area contributed by atoms with Gasteiger partial charge in [0.05, 0.1) is 13.2 Å². The van der Waals surface area contributed by atoms with E-state index in [2.05, 4.69) is 10.6 Å². The lowest BCUT2D eigenvalue weighted by Crippen LogP contribution is -2.42. The number of hydrogen-bond donors (Lipinski definition) is 3. The highest BCUT2D eigenvalue weighted by Crippen LogP contribution is 2.05. The van der Waals surface area contributed by atoms with Gasteiger partial charge in [-0.3, -0.25) is 9.59 Å². The molecule has 1 aromatic rings. The molecule has 0 fully saturated rings. The zero-order valence-electron chi connectivity index (χ0n) is 10.6. The maximum atomic E-state index is 11.8. The number of aliphatic hydroxyl groups is 1. The molecule has 18 heavy (non-hydrogen) atoms. The average Bonchev–Trinajstić information content (AvgIpc) is 2.36. The largest absolute Gasteiger partial charge is 0.394 e. The number of aryl methyl sites for hydroxylation is 1. The SMILES string of the molecule is Cc1ccccc1C(=O)NCC(=O)NC(C)CO. The highest BCUT2D eigenvalue weighted by atomic mass is 16.3. The molecule has 0 saturated heterocycles. The third-order valence-electron chi connectivity index (χ3n) is 2.48. The first-order valence-electron chi connectivity index (χ1n) is 5.78. The van der Waals surface area contributed by atoms with Crippen molar-refractivity contribution in [3.05, 3.63) is 35.4 Å². The number of rotatable bonds is 5. The first-order valence-corrected chi connectivity index (χ1v) is 5.78. The van der Waals surface area contributed by atoms with Gasteiger partial charge in [-0.1, -0.05) is 18.2 Å². The molecule has 0 aliphatic carbocycles. The molecule has 0 heterocycles. The minimum absolute atomic E-state index is 0.0997. The van der Waals surface area contributed by atoms with E-state index < -0.39 is 0 Å². The summed E-state index contributed by atoms with van der Waals surface area (Å²) in [6.07, 6.45) is 0. The molecule has 5 heteroatoms. The first kappa shape index (κ1) is 14.2. The van der Waals surface area contributed by atoms with Gasteiger partial charge in [-0.05, 0) is 25.5 Å². The van der Waals surface area contributed by atoms with Crippen LogP contribution >= 0.6 is 0 Å². The van der Waals surface area contributed by atoms with Crippen LogP contribution in [0.15, 0.2) is 24.3 Å². The second-order valence-electron chi connectivity index (χ2n) is 4.15. The van der Waals surface area contributed by atoms with E-state index in [4.69, 9.17) is 5.11 Å². The predicted molar refractivity (Wildman–Crippen MR) is 68.2 cm³/mol. The van der Waals surface area contributed by atoms with Crippen molar-refractivity contribution in [2.45, 2.75) is 19.9 Å². The summed E-state index contributed by atoms with van der Waals surface area (Å²) in [4.78, 5) is 23.2. The predicted octanol–water partition coefficient (Wildman–Crippen LogP) is 0.222. The highest BCUT2D eigenvalue weighted by molar-refractivity contribution is 5.97. The Morgan fingerprint density at radius 2 is 2.00 bits per heavy atom. The molecule has 98 valence electrons. The lowest BCUT2D eigenvalue weighted by atomic mass is 10.1. The Bertz CT molecular complexity index is 432. The molecule has 0 aromatic heterocycles. The third-order valence-corrected chi connectivity index (χ3v) is 2.48. The topological polar surface area (TPSA) is 78.4 Å². The Balaban J connectivity index is 2.47. The van der Waals surface area contributed by atoms with Crippen LogP contribution in [0.3, 0.4) is 0 Å². The Morgan fingerprint density at radius 1 is 1.33 bits per heavy atom. The molecule has 2 amide bonds. The fourth-order valence-corrected chi connectivity index (χ4v) is 1.45. The molecule has 1 rings (SSSR count). The number of carbonyl (C=O) groups excluding carboxylic acids is 2. The van der Waals surface area contributed by atoms with Crippen molar-refractivity contribution in [1.29, 1.82) is 0 Å². The van der Waals surface area contributed by atoms with E-state index in [-0.39, 0.29) is 31.0 Å². The molecule has 0 spiro atoms. The van der Waals surface area contributed by atoms with E-state index in [0.29, 0.717) is 5.56 Å². The number of hydrogen-bond acceptors (Lipinski definition) is 3. The summed E-state index contributed by atoms with van der Waals surface area (Å²) in [7, 11) is 0. The summed E-state index contributed by atoms with van der Waals surface area (Å²) in [5.74, 6) is -0.599. The smallest absolute Gasteiger partial charge is 0.251 e. The minimum Gasteiger partial charge on any atom is -0.394 e. The molecule has 0 radical (unpaired) electrons. The van der Waals surface area contributed by atoms with Crippen LogP contribution in [0.5, 0.6) is 0 Å². The molecule has 1 atom stereocenters. The van der Waals surface area contributed by atoms with Crippen LogP contribution in [0.2, 0.25) is 0 Å². The van der Waals surface area contributed by atoms with E-state index in [1.807, 2.05) is 19.1 Å². The van der Waals surface area contributed by atoms with Gasteiger partial charge in [0.1, 0.15) is 0 Å². The second-order valence-corrected chi connectivity index (χ2v) is 4.15. The van der Waals surface area contributed by atoms with Crippen molar-refractivity contribution in [3.63, 3.8) is 0 Å². The van der Waals surface area contributed by atoms with Gasteiger partial charge in [0, 0.05) is 11.6 Å². The maximum Gasteiger partial charge on any atom is 0.251 e. The third kappa shape index (κ3) is 4.18. The molecule has 0 bridgehead atoms. The van der Waals surface area contributed by atoms with E-state index in [9.17, 15) is 9.59 Å². The van der Waals surface area contributed by atoms with E-state index in [0.717, 1.165) is 5.56 Å². The maximum absolute atomic E-state index is 11.8. The van der Waals surface area contributed by atoms with Crippen molar-refractivity contribution < 1.29 is 14.7 Å². The lowest BCUT2D eigenvalue weighted by molar-refractivity contribution is -0.121. The summed E-state index contributed by atoms with van der Waals surface area (Å²) in [5, 5.41) is 13.9. The Hall–Kier alpha value is -1.88. The van der Waals surface area contributed by atoms with Gasteiger partial charge in [0.25, 0.3) is 5.91 Å². The monoisotopic (exact) mass is 250 g/mol. The minimum atomic E-state index is -0.321. The van der Waals surface area contributed by atoms with E-state index >= 15 is 0 Å². The summed E-state index contributed by atoms with van der Waals surface area (Å²) >= 11 is 0. The zero-order valence-corrected chi connectivity index (χ0v) is 10.6. The molecule has 3 N–H and O–H groups in total. The van der Waals surface area contributed by atoms with Gasteiger partial charge in [-0.25, -0.2) is 0 Å². The van der Waals surface area contributed by atoms with Crippen molar-refractivity contribution >= 4 is 11.8 Å². The van der Waals surface area contributed by atoms with E-state index in [1.165, 1.54) is 0 Å². The van der Waals surface area contributed by atoms with Gasteiger partial charge in [-0.15, -0.1) is 0 Å². The van der Waals surface area contributed by atoms with Crippen LogP contribution in [0.4, 0.5) is 0 Å². The van der Waals surface area contributed by atoms with Gasteiger partial charge in [0.2, 0.25) is 5.91 Å². The zero-order chi connectivity index (χ0) is 13.5. The normalized spacial score (nSPS) is 11.7. The van der Waals surface area contributed by atoms with Crippen molar-refractivity contribution in [2.75, 3.05) is 13.2 Å². The van der Waals surface area contributed by atoms with Gasteiger partial charge < -0.3 is 15.7 Å². The number of amides is 2. The Morgan fingerprint density at radius 3 is 2.61 bits per heavy atom. The molecule has 1 aromatic carbocycles.